The molecule has 0 N–H and O–H groups in total. The number of nitriles is 1. The summed E-state index contributed by atoms with van der Waals surface area (Å²) < 4.78 is 0. The van der Waals surface area contributed by atoms with Crippen LogP contribution in [0, 0.1) is 11.3 Å². The number of nitrogens with zero attached hydrogens (tertiary/aromatic N) is 1. The van der Waals surface area contributed by atoms with Gasteiger partial charge in [-0.1, -0.05) is 18.7 Å². The molecule has 0 unspecified atom stereocenters. The van der Waals surface area contributed by atoms with Crippen molar-refractivity contribution in [1.29, 1.82) is 5.26 Å². The Bertz CT molecular complexity index is 122. The standard InChI is InChI=1S/C4H5N.C4H8/c1-4(2)3-5;1-3-4-2/h1H2,2H3;3-4H,1-2H3. The summed E-state index contributed by atoms with van der Waals surface area (Å²) in [4.78, 5) is 0. The van der Waals surface area contributed by atoms with E-state index >= 15 is 0 Å². The summed E-state index contributed by atoms with van der Waals surface area (Å²) in [6.45, 7) is 8.98. The van der Waals surface area contributed by atoms with Gasteiger partial charge in [-0.3, -0.25) is 0 Å². The van der Waals surface area contributed by atoms with Crippen molar-refractivity contribution in [2.45, 2.75) is 20.8 Å². The third-order valence-electron chi connectivity index (χ3n) is 0.524. The minimum atomic E-state index is 0.560. The van der Waals surface area contributed by atoms with Crippen LogP contribution in [0.15, 0.2) is 24.3 Å². The van der Waals surface area contributed by atoms with Crippen molar-refractivity contribution < 1.29 is 0 Å². The molecule has 0 rings (SSSR count). The van der Waals surface area contributed by atoms with Crippen molar-refractivity contribution in [3.63, 3.8) is 0 Å². The zero-order valence-corrected chi connectivity index (χ0v) is 6.31. The molecule has 9 heavy (non-hydrogen) atoms. The SMILES string of the molecule is C=C(C)C#N.CC=CC. The Kier molecular flexibility index (Phi) is 12.1. The molecule has 1 nitrogen and oxygen atoms in total. The van der Waals surface area contributed by atoms with Crippen molar-refractivity contribution in [3.05, 3.63) is 24.3 Å². The molecule has 0 atom stereocenters. The molecule has 1 heteroatoms. The van der Waals surface area contributed by atoms with Gasteiger partial charge >= 0.3 is 0 Å². The Morgan fingerprint density at radius 3 is 1.67 bits per heavy atom. The minimum absolute atomic E-state index is 0.560. The van der Waals surface area contributed by atoms with Crippen LogP contribution in [0.25, 0.3) is 0 Å². The van der Waals surface area contributed by atoms with Gasteiger partial charge in [-0.05, 0) is 20.8 Å². The summed E-state index contributed by atoms with van der Waals surface area (Å²) in [6, 6.07) is 1.83. The van der Waals surface area contributed by atoms with Gasteiger partial charge in [0.1, 0.15) is 0 Å². The molecule has 0 saturated carbocycles. The summed E-state index contributed by atoms with van der Waals surface area (Å²) in [7, 11) is 0. The topological polar surface area (TPSA) is 23.8 Å². The van der Waals surface area contributed by atoms with Crippen molar-refractivity contribution in [1.82, 2.24) is 0 Å². The predicted octanol–water partition coefficient (Wildman–Crippen LogP) is 2.67. The molecule has 0 aliphatic carbocycles. The molecular weight excluding hydrogens is 110 g/mol. The van der Waals surface area contributed by atoms with E-state index in [9.17, 15) is 0 Å². The van der Waals surface area contributed by atoms with Crippen LogP contribution < -0.4 is 0 Å². The van der Waals surface area contributed by atoms with E-state index in [1.54, 1.807) is 6.92 Å². The summed E-state index contributed by atoms with van der Waals surface area (Å²) in [6.07, 6.45) is 4.00. The number of allylic oxidation sites excluding steroid dienone is 3. The average Bonchev–Trinajstić information content (AvgIpc) is 1.89. The van der Waals surface area contributed by atoms with Crippen LogP contribution >= 0.6 is 0 Å². The van der Waals surface area contributed by atoms with Crippen LogP contribution in [-0.2, 0) is 0 Å². The molecule has 0 heterocycles. The fourth-order valence-corrected chi connectivity index (χ4v) is 0. The van der Waals surface area contributed by atoms with Gasteiger partial charge in [-0.15, -0.1) is 0 Å². The summed E-state index contributed by atoms with van der Waals surface area (Å²) in [5, 5.41) is 7.79. The normalized spacial score (nSPS) is 7.33. The van der Waals surface area contributed by atoms with E-state index in [4.69, 9.17) is 5.26 Å². The second kappa shape index (κ2) is 10.1. The summed E-state index contributed by atoms with van der Waals surface area (Å²) in [5.74, 6) is 0. The van der Waals surface area contributed by atoms with Gasteiger partial charge in [-0.25, -0.2) is 0 Å². The van der Waals surface area contributed by atoms with Gasteiger partial charge in [0.2, 0.25) is 0 Å². The van der Waals surface area contributed by atoms with E-state index < -0.39 is 0 Å². The molecular formula is C8H13N. The Hall–Kier alpha value is -1.03. The maximum Gasteiger partial charge on any atom is 0.0937 e. The predicted molar refractivity (Wildman–Crippen MR) is 40.9 cm³/mol. The smallest absolute Gasteiger partial charge is 0.0937 e. The Morgan fingerprint density at radius 1 is 1.44 bits per heavy atom. The average molecular weight is 123 g/mol. The van der Waals surface area contributed by atoms with Gasteiger partial charge in [0, 0.05) is 5.57 Å². The van der Waals surface area contributed by atoms with Crippen molar-refractivity contribution in [3.8, 4) is 6.07 Å². The molecule has 0 fully saturated rings. The number of rotatable bonds is 0. The second-order valence-electron chi connectivity index (χ2n) is 1.56. The molecule has 0 aromatic heterocycles. The van der Waals surface area contributed by atoms with Crippen LogP contribution in [0.1, 0.15) is 20.8 Å². The monoisotopic (exact) mass is 123 g/mol. The number of hydrogen-bond acceptors (Lipinski definition) is 1. The third-order valence-corrected chi connectivity index (χ3v) is 0.524. The van der Waals surface area contributed by atoms with Gasteiger partial charge in [0.25, 0.3) is 0 Å². The van der Waals surface area contributed by atoms with Crippen molar-refractivity contribution in [2.75, 3.05) is 0 Å². The largest absolute Gasteiger partial charge is 0.193 e. The lowest BCUT2D eigenvalue weighted by Gasteiger charge is -1.61. The highest BCUT2D eigenvalue weighted by molar-refractivity contribution is 5.11. The molecule has 0 aromatic carbocycles. The maximum absolute atomic E-state index is 7.79. The van der Waals surface area contributed by atoms with Crippen LogP contribution in [0.3, 0.4) is 0 Å². The van der Waals surface area contributed by atoms with E-state index in [0.717, 1.165) is 0 Å². The molecule has 0 spiro atoms. The van der Waals surface area contributed by atoms with Crippen LogP contribution in [0.5, 0.6) is 0 Å². The lowest BCUT2D eigenvalue weighted by atomic mass is 10.4. The van der Waals surface area contributed by atoms with Gasteiger partial charge < -0.3 is 0 Å². The van der Waals surface area contributed by atoms with Crippen LogP contribution in [0.4, 0.5) is 0 Å². The van der Waals surface area contributed by atoms with Gasteiger partial charge in [0.15, 0.2) is 0 Å². The Balaban J connectivity index is 0. The van der Waals surface area contributed by atoms with E-state index in [1.807, 2.05) is 32.1 Å². The highest BCUT2D eigenvalue weighted by atomic mass is 14.2. The quantitative estimate of drug-likeness (QED) is 0.359. The molecule has 0 bridgehead atoms. The minimum Gasteiger partial charge on any atom is -0.193 e. The first-order valence-corrected chi connectivity index (χ1v) is 2.82. The second-order valence-corrected chi connectivity index (χ2v) is 1.56. The molecule has 50 valence electrons. The van der Waals surface area contributed by atoms with Crippen molar-refractivity contribution >= 4 is 0 Å². The Morgan fingerprint density at radius 2 is 1.67 bits per heavy atom. The molecule has 0 aromatic rings. The van der Waals surface area contributed by atoms with E-state index in [1.165, 1.54) is 0 Å². The van der Waals surface area contributed by atoms with Crippen molar-refractivity contribution in [2.24, 2.45) is 0 Å². The van der Waals surface area contributed by atoms with E-state index in [-0.39, 0.29) is 0 Å². The Labute approximate surface area is 57.3 Å². The van der Waals surface area contributed by atoms with E-state index in [2.05, 4.69) is 6.58 Å². The van der Waals surface area contributed by atoms with E-state index in [0.29, 0.717) is 5.57 Å². The zero-order valence-electron chi connectivity index (χ0n) is 6.31. The first-order valence-electron chi connectivity index (χ1n) is 2.82. The molecule has 0 aliphatic rings. The molecule has 0 saturated heterocycles. The first-order chi connectivity index (χ1) is 4.18. The molecule has 0 radical (unpaired) electrons. The van der Waals surface area contributed by atoms with Gasteiger partial charge in [-0.2, -0.15) is 5.26 Å². The van der Waals surface area contributed by atoms with Crippen LogP contribution in [-0.4, -0.2) is 0 Å². The number of hydrogen-bond donors (Lipinski definition) is 0. The maximum atomic E-state index is 7.79. The first kappa shape index (κ1) is 10.9. The van der Waals surface area contributed by atoms with Gasteiger partial charge in [0.05, 0.1) is 6.07 Å². The fourth-order valence-electron chi connectivity index (χ4n) is 0. The summed E-state index contributed by atoms with van der Waals surface area (Å²) >= 11 is 0. The molecule has 0 amide bonds. The molecule has 0 aliphatic heterocycles. The zero-order chi connectivity index (χ0) is 7.70. The highest BCUT2D eigenvalue weighted by Crippen LogP contribution is 1.74. The van der Waals surface area contributed by atoms with Crippen LogP contribution in [0.2, 0.25) is 0 Å². The lowest BCUT2D eigenvalue weighted by molar-refractivity contribution is 1.46. The lowest BCUT2D eigenvalue weighted by Crippen LogP contribution is -1.51. The fraction of sp³-hybridized carbons (Fsp3) is 0.375. The highest BCUT2D eigenvalue weighted by Gasteiger charge is 1.64. The third kappa shape index (κ3) is 44.4. The summed E-state index contributed by atoms with van der Waals surface area (Å²) in [5.41, 5.74) is 0.560.